The molecule has 7 nitrogen and oxygen atoms in total. The molecule has 1 aliphatic rings. The Morgan fingerprint density at radius 1 is 1.30 bits per heavy atom. The number of amides is 1. The zero-order valence-corrected chi connectivity index (χ0v) is 14.9. The van der Waals surface area contributed by atoms with Crippen LogP contribution in [0.25, 0.3) is 11.4 Å². The summed E-state index contributed by atoms with van der Waals surface area (Å²) in [6.45, 7) is 1.09. The molecule has 0 bridgehead atoms. The van der Waals surface area contributed by atoms with Gasteiger partial charge in [0.25, 0.3) is 5.91 Å². The molecule has 3 heterocycles. The quantitative estimate of drug-likeness (QED) is 0.726. The number of pyridine rings is 1. The van der Waals surface area contributed by atoms with Crippen molar-refractivity contribution in [1.82, 2.24) is 20.5 Å². The van der Waals surface area contributed by atoms with E-state index in [-0.39, 0.29) is 11.8 Å². The summed E-state index contributed by atoms with van der Waals surface area (Å²) < 4.78 is 11.0. The maximum Gasteiger partial charge on any atom is 0.269 e. The molecule has 0 saturated carbocycles. The molecule has 0 spiro atoms. The van der Waals surface area contributed by atoms with Gasteiger partial charge in [0.15, 0.2) is 0 Å². The van der Waals surface area contributed by atoms with Gasteiger partial charge in [0.1, 0.15) is 22.9 Å². The Kier molecular flexibility index (Phi) is 4.74. The first-order valence-corrected chi connectivity index (χ1v) is 8.77. The molecule has 4 rings (SSSR count). The molecule has 138 valence electrons. The van der Waals surface area contributed by atoms with Crippen molar-refractivity contribution in [1.29, 1.82) is 0 Å². The van der Waals surface area contributed by atoms with Crippen molar-refractivity contribution in [2.24, 2.45) is 5.92 Å². The molecule has 1 atom stereocenters. The van der Waals surface area contributed by atoms with Crippen molar-refractivity contribution in [2.75, 3.05) is 20.3 Å². The number of rotatable bonds is 5. The highest BCUT2D eigenvalue weighted by atomic mass is 16.5. The van der Waals surface area contributed by atoms with Crippen LogP contribution in [-0.4, -0.2) is 41.3 Å². The zero-order chi connectivity index (χ0) is 18.6. The van der Waals surface area contributed by atoms with E-state index in [2.05, 4.69) is 20.5 Å². The summed E-state index contributed by atoms with van der Waals surface area (Å²) in [6, 6.07) is 13.1. The first-order chi connectivity index (χ1) is 13.2. The van der Waals surface area contributed by atoms with Gasteiger partial charge in [0.2, 0.25) is 0 Å². The van der Waals surface area contributed by atoms with Crippen LogP contribution in [0.5, 0.6) is 11.5 Å². The van der Waals surface area contributed by atoms with E-state index in [1.54, 1.807) is 19.4 Å². The molecule has 0 unspecified atom stereocenters. The summed E-state index contributed by atoms with van der Waals surface area (Å²) >= 11 is 0. The second kappa shape index (κ2) is 7.49. The molecule has 7 heteroatoms. The van der Waals surface area contributed by atoms with Gasteiger partial charge in [-0.3, -0.25) is 14.9 Å². The van der Waals surface area contributed by atoms with E-state index in [0.29, 0.717) is 24.5 Å². The fourth-order valence-corrected chi connectivity index (χ4v) is 3.09. The number of carbonyl (C=O) groups is 1. The van der Waals surface area contributed by atoms with E-state index in [1.807, 2.05) is 36.4 Å². The summed E-state index contributed by atoms with van der Waals surface area (Å²) in [4.78, 5) is 16.6. The number of fused-ring (bicyclic) bond motifs is 1. The summed E-state index contributed by atoms with van der Waals surface area (Å²) in [6.07, 6.45) is 2.54. The number of benzene rings is 1. The molecule has 2 N–H and O–H groups in total. The lowest BCUT2D eigenvalue weighted by Gasteiger charge is -2.25. The molecule has 1 aromatic carbocycles. The van der Waals surface area contributed by atoms with E-state index >= 15 is 0 Å². The van der Waals surface area contributed by atoms with Crippen LogP contribution in [0.2, 0.25) is 0 Å². The summed E-state index contributed by atoms with van der Waals surface area (Å²) in [5.74, 6) is 1.66. The van der Waals surface area contributed by atoms with Gasteiger partial charge in [0, 0.05) is 24.7 Å². The van der Waals surface area contributed by atoms with Crippen LogP contribution in [0.1, 0.15) is 16.1 Å². The largest absolute Gasteiger partial charge is 0.497 e. The lowest BCUT2D eigenvalue weighted by Crippen LogP contribution is -2.35. The van der Waals surface area contributed by atoms with Gasteiger partial charge in [-0.15, -0.1) is 0 Å². The predicted molar refractivity (Wildman–Crippen MR) is 99.8 cm³/mol. The lowest BCUT2D eigenvalue weighted by atomic mass is 9.96. The van der Waals surface area contributed by atoms with Gasteiger partial charge >= 0.3 is 0 Å². The number of aromatic nitrogens is 3. The number of carbonyl (C=O) groups excluding carboxylic acids is 1. The second-order valence-electron chi connectivity index (χ2n) is 6.45. The number of nitrogens with one attached hydrogen (secondary N) is 2. The van der Waals surface area contributed by atoms with Crippen LogP contribution >= 0.6 is 0 Å². The lowest BCUT2D eigenvalue weighted by molar-refractivity contribution is 0.0934. The average molecular weight is 364 g/mol. The maximum absolute atomic E-state index is 12.4. The van der Waals surface area contributed by atoms with E-state index in [4.69, 9.17) is 9.47 Å². The number of hydrogen-bond donors (Lipinski definition) is 2. The summed E-state index contributed by atoms with van der Waals surface area (Å²) in [5, 5.41) is 9.89. The van der Waals surface area contributed by atoms with E-state index in [0.717, 1.165) is 29.2 Å². The number of aromatic amines is 1. The molecule has 2 aromatic heterocycles. The number of hydrogen-bond acceptors (Lipinski definition) is 5. The van der Waals surface area contributed by atoms with E-state index in [9.17, 15) is 4.79 Å². The fourth-order valence-electron chi connectivity index (χ4n) is 3.09. The number of nitrogens with zero attached hydrogens (tertiary/aromatic N) is 2. The van der Waals surface area contributed by atoms with Crippen LogP contribution in [0, 0.1) is 5.92 Å². The van der Waals surface area contributed by atoms with Gasteiger partial charge in [-0.25, -0.2) is 0 Å². The van der Waals surface area contributed by atoms with Gasteiger partial charge < -0.3 is 14.8 Å². The van der Waals surface area contributed by atoms with Crippen molar-refractivity contribution in [2.45, 2.75) is 6.42 Å². The van der Waals surface area contributed by atoms with Crippen molar-refractivity contribution < 1.29 is 14.3 Å². The van der Waals surface area contributed by atoms with Crippen molar-refractivity contribution in [3.05, 3.63) is 59.9 Å². The Labute approximate surface area is 156 Å². The Balaban J connectivity index is 1.35. The molecular formula is C20H20N4O3. The number of ether oxygens (including phenoxy) is 2. The molecule has 1 amide bonds. The van der Waals surface area contributed by atoms with Gasteiger partial charge in [-0.1, -0.05) is 12.1 Å². The third-order valence-electron chi connectivity index (χ3n) is 4.56. The smallest absolute Gasteiger partial charge is 0.269 e. The average Bonchev–Trinajstić information content (AvgIpc) is 3.22. The van der Waals surface area contributed by atoms with Gasteiger partial charge in [-0.05, 0) is 36.2 Å². The Morgan fingerprint density at radius 2 is 2.22 bits per heavy atom. The first kappa shape index (κ1) is 17.1. The molecule has 27 heavy (non-hydrogen) atoms. The molecule has 1 aliphatic heterocycles. The van der Waals surface area contributed by atoms with E-state index in [1.165, 1.54) is 0 Å². The minimum atomic E-state index is -0.190. The van der Waals surface area contributed by atoms with Crippen LogP contribution in [-0.2, 0) is 6.42 Å². The summed E-state index contributed by atoms with van der Waals surface area (Å²) in [5.41, 5.74) is 2.91. The number of H-pyrrole nitrogens is 1. The van der Waals surface area contributed by atoms with Crippen molar-refractivity contribution in [3.8, 4) is 22.9 Å². The van der Waals surface area contributed by atoms with Crippen molar-refractivity contribution >= 4 is 5.91 Å². The molecular weight excluding hydrogens is 344 g/mol. The first-order valence-electron chi connectivity index (χ1n) is 8.77. The van der Waals surface area contributed by atoms with E-state index < -0.39 is 0 Å². The fraction of sp³-hybridized carbons (Fsp3) is 0.250. The number of methoxy groups -OCH3 is 1. The topological polar surface area (TPSA) is 89.1 Å². The van der Waals surface area contributed by atoms with Gasteiger partial charge in [-0.2, -0.15) is 5.10 Å². The second-order valence-corrected chi connectivity index (χ2v) is 6.45. The highest BCUT2D eigenvalue weighted by Crippen LogP contribution is 2.30. The highest BCUT2D eigenvalue weighted by molar-refractivity contribution is 5.93. The highest BCUT2D eigenvalue weighted by Gasteiger charge is 2.21. The zero-order valence-electron chi connectivity index (χ0n) is 14.9. The van der Waals surface area contributed by atoms with Crippen LogP contribution in [0.3, 0.4) is 0 Å². The predicted octanol–water partition coefficient (Wildman–Crippen LogP) is 2.46. The van der Waals surface area contributed by atoms with Crippen molar-refractivity contribution in [3.63, 3.8) is 0 Å². The molecule has 0 radical (unpaired) electrons. The Hall–Kier alpha value is -3.35. The third kappa shape index (κ3) is 3.76. The summed E-state index contributed by atoms with van der Waals surface area (Å²) in [7, 11) is 1.64. The minimum Gasteiger partial charge on any atom is -0.497 e. The third-order valence-corrected chi connectivity index (χ3v) is 4.56. The normalized spacial score (nSPS) is 15.5. The minimum absolute atomic E-state index is 0.190. The molecule has 0 saturated heterocycles. The SMILES string of the molecule is COc1ccc2c(c1)OC[C@H](CNC(=O)c1cc(-c3ccccn3)n[nH]1)C2. The standard InChI is InChI=1S/C20H20N4O3/c1-26-15-6-5-14-8-13(12-27-19(14)9-15)11-22-20(25)18-10-17(23-24-18)16-4-2-3-7-21-16/h2-7,9-10,13H,8,11-12H2,1H3,(H,22,25)(H,23,24)/t13-/m0/s1. The monoisotopic (exact) mass is 364 g/mol. The molecule has 3 aromatic rings. The Bertz CT molecular complexity index is 939. The Morgan fingerprint density at radius 3 is 3.04 bits per heavy atom. The van der Waals surface area contributed by atoms with Crippen LogP contribution in [0.4, 0.5) is 0 Å². The van der Waals surface area contributed by atoms with Crippen LogP contribution < -0.4 is 14.8 Å². The maximum atomic E-state index is 12.4. The molecule has 0 fully saturated rings. The van der Waals surface area contributed by atoms with Crippen LogP contribution in [0.15, 0.2) is 48.7 Å². The molecule has 0 aliphatic carbocycles. The van der Waals surface area contributed by atoms with Gasteiger partial charge in [0.05, 0.1) is 19.4 Å².